The monoisotopic (exact) mass is 350 g/mol. The lowest BCUT2D eigenvalue weighted by Crippen LogP contribution is -2.45. The average molecular weight is 351 g/mol. The van der Waals surface area contributed by atoms with Gasteiger partial charge in [-0.1, -0.05) is 15.9 Å². The first kappa shape index (κ1) is 14.5. The Bertz CT molecular complexity index is 667. The van der Waals surface area contributed by atoms with Gasteiger partial charge in [0.05, 0.1) is 5.52 Å². The molecule has 2 atom stereocenters. The van der Waals surface area contributed by atoms with E-state index < -0.39 is 0 Å². The lowest BCUT2D eigenvalue weighted by molar-refractivity contribution is 0.0657. The lowest BCUT2D eigenvalue weighted by Gasteiger charge is -2.34. The Hall–Kier alpha value is -1.40. The summed E-state index contributed by atoms with van der Waals surface area (Å²) in [5.74, 6) is 0.365. The fourth-order valence-corrected chi connectivity index (χ4v) is 3.28. The Morgan fingerprint density at radius 2 is 2.38 bits per heavy atom. The van der Waals surface area contributed by atoms with E-state index in [1.807, 2.05) is 30.0 Å². The van der Waals surface area contributed by atoms with Gasteiger partial charge in [0.2, 0.25) is 0 Å². The van der Waals surface area contributed by atoms with Crippen LogP contribution in [0.4, 0.5) is 0 Å². The molecule has 0 radical (unpaired) electrons. The van der Waals surface area contributed by atoms with E-state index in [9.17, 15) is 4.79 Å². The van der Waals surface area contributed by atoms with E-state index in [-0.39, 0.29) is 11.9 Å². The van der Waals surface area contributed by atoms with E-state index in [2.05, 4.69) is 26.1 Å². The molecule has 2 aromatic rings. The number of hydrogen-bond donors (Lipinski definition) is 2. The third-order valence-corrected chi connectivity index (χ3v) is 4.71. The molecule has 1 saturated heterocycles. The topological polar surface area (TPSA) is 75.0 Å². The van der Waals surface area contributed by atoms with Crippen LogP contribution in [-0.4, -0.2) is 40.1 Å². The van der Waals surface area contributed by atoms with Crippen LogP contribution in [0.2, 0.25) is 0 Å². The zero-order valence-corrected chi connectivity index (χ0v) is 13.6. The second-order valence-corrected chi connectivity index (χ2v) is 6.69. The zero-order chi connectivity index (χ0) is 15.0. The molecule has 3 rings (SSSR count). The summed E-state index contributed by atoms with van der Waals surface area (Å²) in [7, 11) is 0. The van der Waals surface area contributed by atoms with Crippen molar-refractivity contribution < 1.29 is 4.79 Å². The molecule has 6 heteroatoms. The summed E-state index contributed by atoms with van der Waals surface area (Å²) in [5, 5.41) is 8.00. The number of amides is 1. The molecule has 0 aliphatic carbocycles. The van der Waals surface area contributed by atoms with E-state index in [1.165, 1.54) is 0 Å². The van der Waals surface area contributed by atoms with E-state index in [4.69, 9.17) is 5.73 Å². The number of carbonyl (C=O) groups is 1. The van der Waals surface area contributed by atoms with Crippen LogP contribution in [-0.2, 0) is 0 Å². The molecule has 1 aliphatic heterocycles. The highest BCUT2D eigenvalue weighted by Gasteiger charge is 2.28. The van der Waals surface area contributed by atoms with Gasteiger partial charge in [-0.15, -0.1) is 0 Å². The highest BCUT2D eigenvalue weighted by molar-refractivity contribution is 9.10. The van der Waals surface area contributed by atoms with Crippen LogP contribution in [0.25, 0.3) is 10.9 Å². The number of fused-ring (bicyclic) bond motifs is 1. The van der Waals surface area contributed by atoms with E-state index in [1.54, 1.807) is 0 Å². The van der Waals surface area contributed by atoms with Crippen LogP contribution in [0.1, 0.15) is 30.3 Å². The van der Waals surface area contributed by atoms with Crippen molar-refractivity contribution in [3.05, 3.63) is 28.4 Å². The summed E-state index contributed by atoms with van der Waals surface area (Å²) in [5.41, 5.74) is 7.37. The summed E-state index contributed by atoms with van der Waals surface area (Å²) in [6, 6.07) is 5.90. The van der Waals surface area contributed by atoms with Gasteiger partial charge in [-0.05, 0) is 43.9 Å². The van der Waals surface area contributed by atoms with Crippen LogP contribution < -0.4 is 5.73 Å². The SMILES string of the molecule is CC(N)C1CCCN(C(=O)c2n[nH]c3ccc(Br)cc23)C1. The van der Waals surface area contributed by atoms with Crippen LogP contribution >= 0.6 is 15.9 Å². The summed E-state index contributed by atoms with van der Waals surface area (Å²) < 4.78 is 0.942. The first-order valence-corrected chi connectivity index (χ1v) is 8.04. The molecule has 112 valence electrons. The molecule has 0 bridgehead atoms. The fourth-order valence-electron chi connectivity index (χ4n) is 2.92. The smallest absolute Gasteiger partial charge is 0.275 e. The number of hydrogen-bond acceptors (Lipinski definition) is 3. The number of carbonyl (C=O) groups excluding carboxylic acids is 1. The molecule has 2 unspecified atom stereocenters. The molecule has 0 saturated carbocycles. The van der Waals surface area contributed by atoms with Crippen molar-refractivity contribution in [2.75, 3.05) is 13.1 Å². The maximum atomic E-state index is 12.7. The second-order valence-electron chi connectivity index (χ2n) is 5.77. The second kappa shape index (κ2) is 5.77. The summed E-state index contributed by atoms with van der Waals surface area (Å²) >= 11 is 3.44. The van der Waals surface area contributed by atoms with Crippen molar-refractivity contribution in [2.24, 2.45) is 11.7 Å². The van der Waals surface area contributed by atoms with Crippen LogP contribution in [0.3, 0.4) is 0 Å². The van der Waals surface area contributed by atoms with Gasteiger partial charge in [-0.3, -0.25) is 9.89 Å². The number of nitrogens with zero attached hydrogens (tertiary/aromatic N) is 2. The molecule has 3 N–H and O–H groups in total. The number of aromatic amines is 1. The first-order valence-electron chi connectivity index (χ1n) is 7.24. The molecule has 1 aromatic heterocycles. The quantitative estimate of drug-likeness (QED) is 0.873. The Balaban J connectivity index is 1.88. The molecule has 2 heterocycles. The van der Waals surface area contributed by atoms with Crippen LogP contribution in [0.5, 0.6) is 0 Å². The molecule has 5 nitrogen and oxygen atoms in total. The number of benzene rings is 1. The van der Waals surface area contributed by atoms with Crippen molar-refractivity contribution >= 4 is 32.7 Å². The van der Waals surface area contributed by atoms with E-state index in [0.717, 1.165) is 41.3 Å². The van der Waals surface area contributed by atoms with Crippen LogP contribution in [0, 0.1) is 5.92 Å². The highest BCUT2D eigenvalue weighted by Crippen LogP contribution is 2.25. The maximum absolute atomic E-state index is 12.7. The van der Waals surface area contributed by atoms with Crippen molar-refractivity contribution in [2.45, 2.75) is 25.8 Å². The van der Waals surface area contributed by atoms with Crippen LogP contribution in [0.15, 0.2) is 22.7 Å². The lowest BCUT2D eigenvalue weighted by atomic mass is 9.92. The van der Waals surface area contributed by atoms with Gasteiger partial charge in [0, 0.05) is 29.0 Å². The highest BCUT2D eigenvalue weighted by atomic mass is 79.9. The number of piperidine rings is 1. The minimum Gasteiger partial charge on any atom is -0.337 e. The molecule has 0 spiro atoms. The van der Waals surface area contributed by atoms with Gasteiger partial charge in [-0.2, -0.15) is 5.10 Å². The molecule has 21 heavy (non-hydrogen) atoms. The molecule has 1 aromatic carbocycles. The predicted molar refractivity (Wildman–Crippen MR) is 86.1 cm³/mol. The minimum absolute atomic E-state index is 0.00954. The Morgan fingerprint density at radius 3 is 3.14 bits per heavy atom. The summed E-state index contributed by atoms with van der Waals surface area (Å²) in [4.78, 5) is 14.6. The standard InChI is InChI=1S/C15H19BrN4O/c1-9(17)10-3-2-6-20(8-10)15(21)14-12-7-11(16)4-5-13(12)18-19-14/h4-5,7,9-10H,2-3,6,8,17H2,1H3,(H,18,19). The summed E-state index contributed by atoms with van der Waals surface area (Å²) in [6.07, 6.45) is 2.10. The van der Waals surface area contributed by atoms with Gasteiger partial charge in [-0.25, -0.2) is 0 Å². The van der Waals surface area contributed by atoms with E-state index >= 15 is 0 Å². The first-order chi connectivity index (χ1) is 10.1. The number of likely N-dealkylation sites (tertiary alicyclic amines) is 1. The number of nitrogens with two attached hydrogens (primary N) is 1. The van der Waals surface area contributed by atoms with Gasteiger partial charge in [0.15, 0.2) is 5.69 Å². The number of nitrogens with one attached hydrogen (secondary N) is 1. The Morgan fingerprint density at radius 1 is 1.57 bits per heavy atom. The van der Waals surface area contributed by atoms with Crippen molar-refractivity contribution in [1.29, 1.82) is 0 Å². The predicted octanol–water partition coefficient (Wildman–Crippen LogP) is 2.52. The van der Waals surface area contributed by atoms with Crippen molar-refractivity contribution in [3.63, 3.8) is 0 Å². The van der Waals surface area contributed by atoms with Crippen molar-refractivity contribution in [3.8, 4) is 0 Å². The number of rotatable bonds is 2. The largest absolute Gasteiger partial charge is 0.337 e. The normalized spacial score (nSPS) is 20.7. The van der Waals surface area contributed by atoms with Gasteiger partial charge < -0.3 is 10.6 Å². The molecule has 1 amide bonds. The van der Waals surface area contributed by atoms with Crippen molar-refractivity contribution in [1.82, 2.24) is 15.1 Å². The third-order valence-electron chi connectivity index (χ3n) is 4.22. The maximum Gasteiger partial charge on any atom is 0.275 e. The number of H-pyrrole nitrogens is 1. The average Bonchev–Trinajstić information content (AvgIpc) is 2.89. The molecular weight excluding hydrogens is 332 g/mol. The number of aromatic nitrogens is 2. The third kappa shape index (κ3) is 2.82. The minimum atomic E-state index is -0.00954. The fraction of sp³-hybridized carbons (Fsp3) is 0.467. The Labute approximate surface area is 132 Å². The van der Waals surface area contributed by atoms with E-state index in [0.29, 0.717) is 11.6 Å². The molecular formula is C15H19BrN4O. The molecule has 1 aliphatic rings. The number of halogens is 1. The van der Waals surface area contributed by atoms with Gasteiger partial charge in [0.1, 0.15) is 0 Å². The summed E-state index contributed by atoms with van der Waals surface area (Å²) in [6.45, 7) is 3.52. The molecule has 1 fully saturated rings. The van der Waals surface area contributed by atoms with Gasteiger partial charge >= 0.3 is 0 Å². The van der Waals surface area contributed by atoms with Gasteiger partial charge in [0.25, 0.3) is 5.91 Å². The Kier molecular flexibility index (Phi) is 3.99. The zero-order valence-electron chi connectivity index (χ0n) is 12.0.